The third-order valence-corrected chi connectivity index (χ3v) is 3.73. The molecule has 0 fully saturated rings. The second-order valence-corrected chi connectivity index (χ2v) is 5.40. The summed E-state index contributed by atoms with van der Waals surface area (Å²) >= 11 is 3.46. The number of halogens is 1. The van der Waals surface area contributed by atoms with Crippen molar-refractivity contribution < 1.29 is 4.74 Å². The predicted molar refractivity (Wildman–Crippen MR) is 76.4 cm³/mol. The molecule has 0 aromatic heterocycles. The van der Waals surface area contributed by atoms with Gasteiger partial charge >= 0.3 is 0 Å². The topological polar surface area (TPSA) is 21.3 Å². The van der Waals surface area contributed by atoms with Crippen molar-refractivity contribution in [2.24, 2.45) is 5.92 Å². The van der Waals surface area contributed by atoms with Crippen molar-refractivity contribution in [3.63, 3.8) is 0 Å². The van der Waals surface area contributed by atoms with Gasteiger partial charge in [-0.1, -0.05) is 35.0 Å². The van der Waals surface area contributed by atoms with E-state index in [1.54, 1.807) is 7.11 Å². The maximum atomic E-state index is 5.14. The molecule has 1 rings (SSSR count). The molecule has 0 aliphatic carbocycles. The van der Waals surface area contributed by atoms with Crippen LogP contribution in [0.25, 0.3) is 0 Å². The van der Waals surface area contributed by atoms with E-state index in [4.69, 9.17) is 4.74 Å². The fraction of sp³-hybridized carbons (Fsp3) is 0.571. The second-order valence-electron chi connectivity index (χ2n) is 4.48. The van der Waals surface area contributed by atoms with Gasteiger partial charge in [0.05, 0.1) is 0 Å². The summed E-state index contributed by atoms with van der Waals surface area (Å²) < 4.78 is 6.27. The Hall–Kier alpha value is -0.380. The summed E-state index contributed by atoms with van der Waals surface area (Å²) in [4.78, 5) is 0. The van der Waals surface area contributed by atoms with Crippen LogP contribution in [-0.4, -0.2) is 26.8 Å². The predicted octanol–water partition coefficient (Wildman–Crippen LogP) is 3.25. The van der Waals surface area contributed by atoms with E-state index in [1.807, 2.05) is 7.05 Å². The normalized spacial score (nSPS) is 14.6. The van der Waals surface area contributed by atoms with Crippen molar-refractivity contribution in [3.05, 3.63) is 34.3 Å². The average molecular weight is 300 g/mol. The molecule has 1 aromatic carbocycles. The first kappa shape index (κ1) is 14.7. The highest BCUT2D eigenvalue weighted by Gasteiger charge is 2.15. The third-order valence-electron chi connectivity index (χ3n) is 3.20. The van der Waals surface area contributed by atoms with Crippen LogP contribution in [0.3, 0.4) is 0 Å². The third kappa shape index (κ3) is 5.19. The Kier molecular flexibility index (Phi) is 6.78. The van der Waals surface area contributed by atoms with Crippen molar-refractivity contribution in [2.75, 3.05) is 20.8 Å². The van der Waals surface area contributed by atoms with Gasteiger partial charge in [0.15, 0.2) is 0 Å². The van der Waals surface area contributed by atoms with Gasteiger partial charge in [0.25, 0.3) is 0 Å². The molecule has 2 nitrogen and oxygen atoms in total. The molecular formula is C14H22BrNO. The Morgan fingerprint density at radius 2 is 1.94 bits per heavy atom. The molecule has 17 heavy (non-hydrogen) atoms. The lowest BCUT2D eigenvalue weighted by molar-refractivity contribution is 0.171. The summed E-state index contributed by atoms with van der Waals surface area (Å²) in [5, 5.41) is 3.41. The average Bonchev–Trinajstić information content (AvgIpc) is 2.35. The summed E-state index contributed by atoms with van der Waals surface area (Å²) in [5.41, 5.74) is 1.37. The summed E-state index contributed by atoms with van der Waals surface area (Å²) in [6.45, 7) is 3.11. The lowest BCUT2D eigenvalue weighted by Crippen LogP contribution is -2.34. The number of nitrogens with one attached hydrogen (secondary N) is 1. The van der Waals surface area contributed by atoms with Gasteiger partial charge in [-0.25, -0.2) is 0 Å². The minimum Gasteiger partial charge on any atom is -0.385 e. The van der Waals surface area contributed by atoms with Gasteiger partial charge in [-0.05, 0) is 43.5 Å². The molecule has 0 spiro atoms. The van der Waals surface area contributed by atoms with Crippen molar-refractivity contribution in [2.45, 2.75) is 25.8 Å². The van der Waals surface area contributed by atoms with Crippen LogP contribution in [0.4, 0.5) is 0 Å². The Morgan fingerprint density at radius 3 is 2.47 bits per heavy atom. The lowest BCUT2D eigenvalue weighted by atomic mass is 9.93. The molecule has 0 heterocycles. The van der Waals surface area contributed by atoms with Crippen LogP contribution in [0.15, 0.2) is 28.7 Å². The largest absolute Gasteiger partial charge is 0.385 e. The Balaban J connectivity index is 2.53. The van der Waals surface area contributed by atoms with Gasteiger partial charge in [-0.3, -0.25) is 0 Å². The van der Waals surface area contributed by atoms with E-state index in [0.29, 0.717) is 12.0 Å². The molecule has 0 radical (unpaired) electrons. The van der Waals surface area contributed by atoms with Crippen LogP contribution >= 0.6 is 15.9 Å². The summed E-state index contributed by atoms with van der Waals surface area (Å²) in [5.74, 6) is 0.614. The van der Waals surface area contributed by atoms with E-state index in [9.17, 15) is 0 Å². The van der Waals surface area contributed by atoms with Gasteiger partial charge in [0.1, 0.15) is 0 Å². The highest BCUT2D eigenvalue weighted by Crippen LogP contribution is 2.16. The zero-order valence-electron chi connectivity index (χ0n) is 10.9. The highest BCUT2D eigenvalue weighted by atomic mass is 79.9. The maximum Gasteiger partial charge on any atom is 0.0465 e. The van der Waals surface area contributed by atoms with E-state index < -0.39 is 0 Å². The molecule has 0 aliphatic rings. The Morgan fingerprint density at radius 1 is 1.29 bits per heavy atom. The Labute approximate surface area is 113 Å². The number of methoxy groups -OCH3 is 1. The fourth-order valence-corrected chi connectivity index (χ4v) is 2.23. The number of hydrogen-bond donors (Lipinski definition) is 1. The molecule has 0 aliphatic heterocycles. The van der Waals surface area contributed by atoms with E-state index in [-0.39, 0.29) is 0 Å². The maximum absolute atomic E-state index is 5.14. The SMILES string of the molecule is CNC(Cc1ccc(Br)cc1)C(C)CCOC. The minimum atomic E-state index is 0.506. The minimum absolute atomic E-state index is 0.506. The van der Waals surface area contributed by atoms with E-state index in [0.717, 1.165) is 23.9 Å². The number of benzene rings is 1. The van der Waals surface area contributed by atoms with Crippen molar-refractivity contribution in [1.29, 1.82) is 0 Å². The van der Waals surface area contributed by atoms with Gasteiger partial charge in [-0.15, -0.1) is 0 Å². The molecule has 0 saturated heterocycles. The molecule has 0 bridgehead atoms. The fourth-order valence-electron chi connectivity index (χ4n) is 1.97. The molecule has 2 atom stereocenters. The van der Waals surface area contributed by atoms with Gasteiger partial charge in [0.2, 0.25) is 0 Å². The monoisotopic (exact) mass is 299 g/mol. The molecule has 1 N–H and O–H groups in total. The molecule has 96 valence electrons. The van der Waals surface area contributed by atoms with Crippen molar-refractivity contribution in [3.8, 4) is 0 Å². The molecule has 0 amide bonds. The van der Waals surface area contributed by atoms with E-state index >= 15 is 0 Å². The van der Waals surface area contributed by atoms with Gasteiger partial charge in [-0.2, -0.15) is 0 Å². The number of rotatable bonds is 7. The number of ether oxygens (including phenoxy) is 1. The highest BCUT2D eigenvalue weighted by molar-refractivity contribution is 9.10. The van der Waals surface area contributed by atoms with E-state index in [2.05, 4.69) is 52.4 Å². The standard InChI is InChI=1S/C14H22BrNO/c1-11(8-9-17-3)14(16-2)10-12-4-6-13(15)7-5-12/h4-7,11,14,16H,8-10H2,1-3H3. The van der Waals surface area contributed by atoms with Crippen LogP contribution in [0.5, 0.6) is 0 Å². The zero-order valence-corrected chi connectivity index (χ0v) is 12.5. The first-order chi connectivity index (χ1) is 8.17. The molecule has 3 heteroatoms. The quantitative estimate of drug-likeness (QED) is 0.834. The molecule has 1 aromatic rings. The summed E-state index contributed by atoms with van der Waals surface area (Å²) in [7, 11) is 3.79. The van der Waals surface area contributed by atoms with Crippen LogP contribution in [-0.2, 0) is 11.2 Å². The molecule has 0 saturated carbocycles. The van der Waals surface area contributed by atoms with Crippen LogP contribution in [0.1, 0.15) is 18.9 Å². The van der Waals surface area contributed by atoms with Gasteiger partial charge < -0.3 is 10.1 Å². The van der Waals surface area contributed by atoms with E-state index in [1.165, 1.54) is 5.56 Å². The molecule has 2 unspecified atom stereocenters. The lowest BCUT2D eigenvalue weighted by Gasteiger charge is -2.23. The zero-order chi connectivity index (χ0) is 12.7. The first-order valence-corrected chi connectivity index (χ1v) is 6.87. The summed E-state index contributed by atoms with van der Waals surface area (Å²) in [6.07, 6.45) is 2.16. The van der Waals surface area contributed by atoms with Crippen LogP contribution < -0.4 is 5.32 Å². The van der Waals surface area contributed by atoms with Crippen LogP contribution in [0.2, 0.25) is 0 Å². The van der Waals surface area contributed by atoms with Crippen molar-refractivity contribution >= 4 is 15.9 Å². The number of likely N-dealkylation sites (N-methyl/N-ethyl adjacent to an activating group) is 1. The van der Waals surface area contributed by atoms with Gasteiger partial charge in [0, 0.05) is 24.2 Å². The first-order valence-electron chi connectivity index (χ1n) is 6.08. The second kappa shape index (κ2) is 7.85. The van der Waals surface area contributed by atoms with Crippen molar-refractivity contribution in [1.82, 2.24) is 5.32 Å². The molecular weight excluding hydrogens is 278 g/mol. The number of hydrogen-bond acceptors (Lipinski definition) is 2. The smallest absolute Gasteiger partial charge is 0.0465 e. The van der Waals surface area contributed by atoms with Crippen LogP contribution in [0, 0.1) is 5.92 Å². The summed E-state index contributed by atoms with van der Waals surface area (Å²) in [6, 6.07) is 9.06. The Bertz CT molecular complexity index is 313.